The van der Waals surface area contributed by atoms with E-state index in [0.717, 1.165) is 21.2 Å². The van der Waals surface area contributed by atoms with Crippen molar-refractivity contribution in [2.75, 3.05) is 20.8 Å². The summed E-state index contributed by atoms with van der Waals surface area (Å²) in [5.41, 5.74) is 3.05. The molecular formula is C22H24BrN3O4. The van der Waals surface area contributed by atoms with Crippen molar-refractivity contribution in [1.29, 1.82) is 0 Å². The van der Waals surface area contributed by atoms with Crippen LogP contribution in [0.1, 0.15) is 23.4 Å². The van der Waals surface area contributed by atoms with E-state index in [9.17, 15) is 4.79 Å². The van der Waals surface area contributed by atoms with Crippen LogP contribution in [-0.4, -0.2) is 36.9 Å². The zero-order valence-electron chi connectivity index (χ0n) is 17.2. The maximum absolute atomic E-state index is 12.2. The lowest BCUT2D eigenvalue weighted by Gasteiger charge is -2.12. The summed E-state index contributed by atoms with van der Waals surface area (Å²) in [7, 11) is 3.19. The van der Waals surface area contributed by atoms with Gasteiger partial charge in [-0.15, -0.1) is 10.2 Å². The van der Waals surface area contributed by atoms with Gasteiger partial charge in [0, 0.05) is 29.4 Å². The van der Waals surface area contributed by atoms with Gasteiger partial charge in [-0.1, -0.05) is 33.6 Å². The number of amides is 1. The molecule has 0 saturated heterocycles. The van der Waals surface area contributed by atoms with Crippen LogP contribution in [0.4, 0.5) is 0 Å². The minimum atomic E-state index is -0.0679. The van der Waals surface area contributed by atoms with E-state index in [4.69, 9.17) is 13.9 Å². The third-order valence-corrected chi connectivity index (χ3v) is 5.34. The van der Waals surface area contributed by atoms with Crippen LogP contribution >= 0.6 is 15.9 Å². The van der Waals surface area contributed by atoms with Crippen LogP contribution in [-0.2, 0) is 17.6 Å². The number of ether oxygens (including phenoxy) is 2. The topological polar surface area (TPSA) is 86.5 Å². The quantitative estimate of drug-likeness (QED) is 0.502. The molecule has 0 bridgehead atoms. The predicted molar refractivity (Wildman–Crippen MR) is 117 cm³/mol. The second-order valence-corrected chi connectivity index (χ2v) is 7.62. The fourth-order valence-electron chi connectivity index (χ4n) is 2.90. The molecule has 0 radical (unpaired) electrons. The molecule has 1 amide bonds. The zero-order chi connectivity index (χ0) is 21.5. The fourth-order valence-corrected chi connectivity index (χ4v) is 3.42. The van der Waals surface area contributed by atoms with Gasteiger partial charge in [-0.2, -0.15) is 0 Å². The van der Waals surface area contributed by atoms with Crippen LogP contribution in [0.3, 0.4) is 0 Å². The first-order valence-electron chi connectivity index (χ1n) is 9.56. The first-order chi connectivity index (χ1) is 14.5. The molecule has 2 aromatic carbocycles. The van der Waals surface area contributed by atoms with Crippen molar-refractivity contribution in [2.45, 2.75) is 26.2 Å². The smallest absolute Gasteiger partial charge is 0.247 e. The highest BCUT2D eigenvalue weighted by Gasteiger charge is 2.12. The number of aromatic nitrogens is 2. The van der Waals surface area contributed by atoms with Crippen LogP contribution in [0.15, 0.2) is 45.3 Å². The highest BCUT2D eigenvalue weighted by Crippen LogP contribution is 2.33. The minimum absolute atomic E-state index is 0.0679. The maximum atomic E-state index is 12.2. The zero-order valence-corrected chi connectivity index (χ0v) is 18.8. The predicted octanol–water partition coefficient (Wildman–Crippen LogP) is 4.12. The van der Waals surface area contributed by atoms with Crippen LogP contribution in [0.2, 0.25) is 0 Å². The van der Waals surface area contributed by atoms with Gasteiger partial charge in [-0.05, 0) is 43.2 Å². The Morgan fingerprint density at radius 3 is 2.47 bits per heavy atom. The average Bonchev–Trinajstić information content (AvgIpc) is 3.22. The Balaban J connectivity index is 1.47. The van der Waals surface area contributed by atoms with E-state index in [-0.39, 0.29) is 12.3 Å². The van der Waals surface area contributed by atoms with Gasteiger partial charge in [0.05, 0.1) is 14.2 Å². The van der Waals surface area contributed by atoms with Crippen molar-refractivity contribution in [2.24, 2.45) is 0 Å². The summed E-state index contributed by atoms with van der Waals surface area (Å²) in [6, 6.07) is 11.6. The normalized spacial score (nSPS) is 10.7. The molecule has 158 valence electrons. The Morgan fingerprint density at radius 2 is 1.77 bits per heavy atom. The van der Waals surface area contributed by atoms with E-state index in [1.165, 1.54) is 0 Å². The molecule has 0 unspecified atom stereocenters. The summed E-state index contributed by atoms with van der Waals surface area (Å²) in [4.78, 5) is 12.2. The number of aryl methyl sites for hydroxylation is 2. The van der Waals surface area contributed by atoms with Crippen molar-refractivity contribution >= 4 is 21.8 Å². The van der Waals surface area contributed by atoms with Crippen molar-refractivity contribution in [3.05, 3.63) is 57.9 Å². The Hall–Kier alpha value is -2.87. The lowest BCUT2D eigenvalue weighted by molar-refractivity contribution is -0.121. The second kappa shape index (κ2) is 10.2. The van der Waals surface area contributed by atoms with Gasteiger partial charge in [0.15, 0.2) is 11.5 Å². The molecule has 0 aliphatic heterocycles. The molecular weight excluding hydrogens is 450 g/mol. The van der Waals surface area contributed by atoms with Gasteiger partial charge in [-0.25, -0.2) is 0 Å². The average molecular weight is 474 g/mol. The lowest BCUT2D eigenvalue weighted by Crippen LogP contribution is -2.26. The molecule has 1 heterocycles. The summed E-state index contributed by atoms with van der Waals surface area (Å²) in [6.45, 7) is 2.52. The third-order valence-electron chi connectivity index (χ3n) is 4.60. The molecule has 3 rings (SSSR count). The van der Waals surface area contributed by atoms with Crippen molar-refractivity contribution in [3.63, 3.8) is 0 Å². The number of hydrogen-bond acceptors (Lipinski definition) is 6. The van der Waals surface area contributed by atoms with E-state index in [1.54, 1.807) is 14.2 Å². The number of halogens is 1. The number of carbonyl (C=O) groups is 1. The largest absolute Gasteiger partial charge is 0.493 e. The van der Waals surface area contributed by atoms with Gasteiger partial charge < -0.3 is 19.2 Å². The molecule has 0 spiro atoms. The second-order valence-electron chi connectivity index (χ2n) is 6.77. The standard InChI is InChI=1S/C22H24BrN3O4/c1-14-4-6-15(7-5-14)22-26-25-21(30-22)9-8-20(27)24-11-10-16-12-18(28-2)19(29-3)13-17(16)23/h4-7,12-13H,8-11H2,1-3H3,(H,24,27). The molecule has 7 nitrogen and oxygen atoms in total. The third kappa shape index (κ3) is 5.60. The molecule has 0 atom stereocenters. The molecule has 1 aromatic heterocycles. The SMILES string of the molecule is COc1cc(Br)c(CCNC(=O)CCc2nnc(-c3ccc(C)cc3)o2)cc1OC. The maximum Gasteiger partial charge on any atom is 0.247 e. The fraction of sp³-hybridized carbons (Fsp3) is 0.318. The molecule has 0 aliphatic rings. The number of hydrogen-bond donors (Lipinski definition) is 1. The van der Waals surface area contributed by atoms with Gasteiger partial charge in [0.25, 0.3) is 0 Å². The Morgan fingerprint density at radius 1 is 1.07 bits per heavy atom. The van der Waals surface area contributed by atoms with Crippen molar-refractivity contribution in [3.8, 4) is 23.0 Å². The van der Waals surface area contributed by atoms with E-state index in [1.807, 2.05) is 43.3 Å². The molecule has 0 saturated carbocycles. The first kappa shape index (κ1) is 21.8. The van der Waals surface area contributed by atoms with E-state index < -0.39 is 0 Å². The highest BCUT2D eigenvalue weighted by atomic mass is 79.9. The van der Waals surface area contributed by atoms with E-state index in [0.29, 0.717) is 42.7 Å². The number of benzene rings is 2. The molecule has 3 aromatic rings. The van der Waals surface area contributed by atoms with Crippen LogP contribution < -0.4 is 14.8 Å². The first-order valence-corrected chi connectivity index (χ1v) is 10.4. The monoisotopic (exact) mass is 473 g/mol. The molecule has 8 heteroatoms. The van der Waals surface area contributed by atoms with Crippen molar-refractivity contribution < 1.29 is 18.7 Å². The Labute approximate surface area is 183 Å². The summed E-state index contributed by atoms with van der Waals surface area (Å²) in [5.74, 6) is 2.15. The Bertz CT molecular complexity index is 1000. The minimum Gasteiger partial charge on any atom is -0.493 e. The highest BCUT2D eigenvalue weighted by molar-refractivity contribution is 9.10. The van der Waals surface area contributed by atoms with Crippen LogP contribution in [0.5, 0.6) is 11.5 Å². The number of rotatable bonds is 9. The van der Waals surface area contributed by atoms with E-state index in [2.05, 4.69) is 31.4 Å². The molecule has 0 fully saturated rings. The summed E-state index contributed by atoms with van der Waals surface area (Å²) >= 11 is 3.53. The van der Waals surface area contributed by atoms with Gasteiger partial charge >= 0.3 is 0 Å². The summed E-state index contributed by atoms with van der Waals surface area (Å²) in [6.07, 6.45) is 1.33. The van der Waals surface area contributed by atoms with Crippen LogP contribution in [0.25, 0.3) is 11.5 Å². The van der Waals surface area contributed by atoms with Crippen molar-refractivity contribution in [1.82, 2.24) is 15.5 Å². The Kier molecular flexibility index (Phi) is 7.46. The van der Waals surface area contributed by atoms with Gasteiger partial charge in [0.1, 0.15) is 0 Å². The summed E-state index contributed by atoms with van der Waals surface area (Å²) < 4.78 is 17.2. The summed E-state index contributed by atoms with van der Waals surface area (Å²) in [5, 5.41) is 11.0. The number of methoxy groups -OCH3 is 2. The number of nitrogens with one attached hydrogen (secondary N) is 1. The number of carbonyl (C=O) groups excluding carboxylic acids is 1. The van der Waals surface area contributed by atoms with Crippen LogP contribution in [0, 0.1) is 6.92 Å². The molecule has 0 aliphatic carbocycles. The van der Waals surface area contributed by atoms with E-state index >= 15 is 0 Å². The number of nitrogens with zero attached hydrogens (tertiary/aromatic N) is 2. The lowest BCUT2D eigenvalue weighted by atomic mass is 10.1. The molecule has 30 heavy (non-hydrogen) atoms. The van der Waals surface area contributed by atoms with Gasteiger partial charge in [-0.3, -0.25) is 4.79 Å². The van der Waals surface area contributed by atoms with Gasteiger partial charge in [0.2, 0.25) is 17.7 Å². The molecule has 1 N–H and O–H groups in total.